The Morgan fingerprint density at radius 1 is 1.21 bits per heavy atom. The number of halogens is 1. The van der Waals surface area contributed by atoms with Crippen molar-refractivity contribution in [3.63, 3.8) is 0 Å². The molecule has 192 valence electrons. The molecule has 0 spiro atoms. The minimum absolute atomic E-state index is 0.0538. The van der Waals surface area contributed by atoms with Crippen molar-refractivity contribution in [3.05, 3.63) is 32.6 Å². The van der Waals surface area contributed by atoms with Gasteiger partial charge in [0.05, 0.1) is 6.10 Å². The number of hydrogen-bond donors (Lipinski definition) is 7. The number of aromatic amines is 1. The Hall–Kier alpha value is -1.18. The second-order valence-electron chi connectivity index (χ2n) is 6.79. The third-order valence-electron chi connectivity index (χ3n) is 4.25. The Kier molecular flexibility index (Phi) is 8.59. The van der Waals surface area contributed by atoms with Crippen LogP contribution in [0.15, 0.2) is 15.7 Å². The molecule has 7 N–H and O–H groups in total. The van der Waals surface area contributed by atoms with Gasteiger partial charge in [-0.2, -0.15) is 8.62 Å². The highest BCUT2D eigenvalue weighted by molar-refractivity contribution is 7.66. The molecule has 1 aromatic heterocycles. The quantitative estimate of drug-likeness (QED) is 0.142. The van der Waals surface area contributed by atoms with E-state index in [-0.39, 0.29) is 5.69 Å². The average molecular weight is 571 g/mol. The van der Waals surface area contributed by atoms with Crippen LogP contribution in [0.2, 0.25) is 0 Å². The molecule has 1 fully saturated rings. The second kappa shape index (κ2) is 10.1. The van der Waals surface area contributed by atoms with Crippen LogP contribution >= 0.6 is 35.1 Å². The summed E-state index contributed by atoms with van der Waals surface area (Å²) in [4.78, 5) is 61.7. The van der Waals surface area contributed by atoms with E-state index in [1.54, 1.807) is 5.38 Å². The van der Waals surface area contributed by atoms with Gasteiger partial charge >= 0.3 is 29.2 Å². The van der Waals surface area contributed by atoms with Crippen molar-refractivity contribution in [3.8, 4) is 11.3 Å². The first-order valence-corrected chi connectivity index (χ1v) is 13.6. The zero-order valence-corrected chi connectivity index (χ0v) is 20.4. The molecule has 1 aliphatic rings. The summed E-state index contributed by atoms with van der Waals surface area (Å²) in [5, 5.41) is 23.3. The lowest BCUT2D eigenvalue weighted by atomic mass is 9.93. The summed E-state index contributed by atoms with van der Waals surface area (Å²) in [6, 6.07) is 0.953. The highest BCUT2D eigenvalue weighted by atomic mass is 35.5. The maximum Gasteiger partial charge on any atom is 0.490 e. The van der Waals surface area contributed by atoms with E-state index in [1.165, 1.54) is 6.92 Å². The van der Waals surface area contributed by atoms with Gasteiger partial charge in [-0.3, -0.25) is 18.9 Å². The molecule has 2 rings (SSSR count). The molecule has 7 atom stereocenters. The van der Waals surface area contributed by atoms with Gasteiger partial charge < -0.3 is 34.5 Å². The highest BCUT2D eigenvalue weighted by Gasteiger charge is 2.59. The maximum absolute atomic E-state index is 12.3. The van der Waals surface area contributed by atoms with Crippen LogP contribution in [0.1, 0.15) is 18.8 Å². The molecule has 21 heteroatoms. The molecular formula is C13H18ClN2O15P3. The van der Waals surface area contributed by atoms with Crippen molar-refractivity contribution in [2.75, 3.05) is 0 Å². The third-order valence-corrected chi connectivity index (χ3v) is 8.27. The molecule has 0 radical (unpaired) electrons. The average Bonchev–Trinajstić information content (AvgIpc) is 2.83. The number of nitrogens with zero attached hydrogens (tertiary/aromatic N) is 1. The van der Waals surface area contributed by atoms with Gasteiger partial charge in [0, 0.05) is 17.1 Å². The molecule has 4 unspecified atom stereocenters. The van der Waals surface area contributed by atoms with Gasteiger partial charge in [-0.1, -0.05) is 0 Å². The van der Waals surface area contributed by atoms with Crippen LogP contribution in [0.25, 0.3) is 0 Å². The summed E-state index contributed by atoms with van der Waals surface area (Å²) in [7, 11) is -17.1. The lowest BCUT2D eigenvalue weighted by Gasteiger charge is -2.27. The fourth-order valence-corrected chi connectivity index (χ4v) is 6.39. The number of aliphatic hydroxyl groups excluding tert-OH is 1. The van der Waals surface area contributed by atoms with Crippen LogP contribution < -0.4 is 11.2 Å². The molecular weight excluding hydrogens is 553 g/mol. The zero-order valence-electron chi connectivity index (χ0n) is 16.9. The van der Waals surface area contributed by atoms with E-state index < -0.39 is 64.9 Å². The van der Waals surface area contributed by atoms with Gasteiger partial charge in [0.15, 0.2) is 6.23 Å². The van der Waals surface area contributed by atoms with Crippen LogP contribution in [-0.2, 0) is 31.6 Å². The minimum Gasteiger partial charge on any atom is -0.386 e. The van der Waals surface area contributed by atoms with E-state index in [1.807, 2.05) is 10.9 Å². The van der Waals surface area contributed by atoms with Crippen LogP contribution in [0.4, 0.5) is 0 Å². The number of phosphoric acid groups is 3. The molecule has 0 aromatic carbocycles. The van der Waals surface area contributed by atoms with Crippen LogP contribution in [-0.4, -0.2) is 63.3 Å². The number of phosphoric ester groups is 1. The Morgan fingerprint density at radius 3 is 2.29 bits per heavy atom. The first kappa shape index (κ1) is 29.1. The number of ether oxygens (including phenoxy) is 1. The fourth-order valence-electron chi connectivity index (χ4n) is 3.04. The van der Waals surface area contributed by atoms with E-state index in [2.05, 4.69) is 13.1 Å². The lowest BCUT2D eigenvalue weighted by Crippen LogP contribution is -2.49. The van der Waals surface area contributed by atoms with E-state index in [4.69, 9.17) is 26.1 Å². The van der Waals surface area contributed by atoms with Gasteiger partial charge in [0.1, 0.15) is 12.2 Å². The van der Waals surface area contributed by atoms with E-state index in [0.717, 1.165) is 13.0 Å². The zero-order chi connectivity index (χ0) is 26.3. The number of H-pyrrole nitrogens is 1. The number of aromatic nitrogens is 2. The van der Waals surface area contributed by atoms with E-state index >= 15 is 0 Å². The highest BCUT2D eigenvalue weighted by Crippen LogP contribution is 2.66. The Labute approximate surface area is 194 Å². The van der Waals surface area contributed by atoms with Crippen LogP contribution in [0.5, 0.6) is 0 Å². The molecule has 17 nitrogen and oxygen atoms in total. The van der Waals surface area contributed by atoms with Gasteiger partial charge in [0.25, 0.3) is 5.56 Å². The predicted molar refractivity (Wildman–Crippen MR) is 109 cm³/mol. The summed E-state index contributed by atoms with van der Waals surface area (Å²) in [5.41, 5.74) is -4.57. The van der Waals surface area contributed by atoms with Gasteiger partial charge in [-0.05, 0) is 31.4 Å². The normalized spacial score (nSPS) is 29.5. The number of rotatable bonds is 8. The summed E-state index contributed by atoms with van der Waals surface area (Å²) in [6.45, 7) is 2.25. The topological polar surface area (TPSA) is 264 Å². The molecule has 1 saturated heterocycles. The third kappa shape index (κ3) is 6.73. The van der Waals surface area contributed by atoms with E-state index in [9.17, 15) is 43.3 Å². The SMILES string of the molecule is Cc1cc(=O)[nH]c(=O)n1[C@@H]1O[C@H]([C@@H](C)OP(=O)(O)OP(=O)(O)OP(=O)(O)O)C(O)C1(O)C#CCl. The van der Waals surface area contributed by atoms with Crippen molar-refractivity contribution in [2.24, 2.45) is 0 Å². The molecule has 1 aliphatic heterocycles. The predicted octanol–water partition coefficient (Wildman–Crippen LogP) is -1.23. The smallest absolute Gasteiger partial charge is 0.386 e. The Morgan fingerprint density at radius 2 is 1.79 bits per heavy atom. The molecule has 0 bridgehead atoms. The number of hydrogen-bond acceptors (Lipinski definition) is 11. The van der Waals surface area contributed by atoms with Gasteiger partial charge in [-0.15, -0.1) is 0 Å². The lowest BCUT2D eigenvalue weighted by molar-refractivity contribution is -0.0877. The summed E-state index contributed by atoms with van der Waals surface area (Å²) in [5.74, 6) is 2.03. The monoisotopic (exact) mass is 570 g/mol. The molecule has 0 aliphatic carbocycles. The minimum atomic E-state index is -5.83. The second-order valence-corrected chi connectivity index (χ2v) is 11.4. The first-order valence-electron chi connectivity index (χ1n) is 8.65. The Bertz CT molecular complexity index is 1260. The standard InChI is InChI=1S/C13H18ClN2O15P3/c1-6-5-8(17)15-12(19)16(6)11-13(20,3-4-14)10(18)9(28-11)7(2)29-33(24,25)31-34(26,27)30-32(21,22)23/h5,7,9-11,18,20H,1-2H3,(H,24,25)(H,26,27)(H,15,17,19)(H2,21,22,23)/t7-,9-,10?,11-,13?/m1/s1. The molecule has 34 heavy (non-hydrogen) atoms. The van der Waals surface area contributed by atoms with Crippen molar-refractivity contribution < 1.29 is 61.4 Å². The van der Waals surface area contributed by atoms with E-state index in [0.29, 0.717) is 4.57 Å². The van der Waals surface area contributed by atoms with Crippen LogP contribution in [0.3, 0.4) is 0 Å². The van der Waals surface area contributed by atoms with Gasteiger partial charge in [0.2, 0.25) is 5.60 Å². The summed E-state index contributed by atoms with van der Waals surface area (Å²) in [6.07, 6.45) is -7.54. The number of nitrogens with one attached hydrogen (secondary N) is 1. The van der Waals surface area contributed by atoms with Crippen molar-refractivity contribution in [2.45, 2.75) is 44.0 Å². The molecule has 0 saturated carbocycles. The van der Waals surface area contributed by atoms with Gasteiger partial charge in [-0.25, -0.2) is 18.5 Å². The van der Waals surface area contributed by atoms with Crippen LogP contribution in [0, 0.1) is 18.2 Å². The Balaban J connectivity index is 2.37. The molecule has 2 heterocycles. The first-order chi connectivity index (χ1) is 15.3. The molecule has 0 amide bonds. The van der Waals surface area contributed by atoms with Crippen molar-refractivity contribution in [1.82, 2.24) is 9.55 Å². The molecule has 1 aromatic rings. The summed E-state index contributed by atoms with van der Waals surface area (Å²) >= 11 is 5.35. The fraction of sp³-hybridized carbons (Fsp3) is 0.538. The number of aliphatic hydroxyl groups is 2. The van der Waals surface area contributed by atoms with Crippen molar-refractivity contribution >= 4 is 35.1 Å². The maximum atomic E-state index is 12.3. The summed E-state index contributed by atoms with van der Waals surface area (Å²) < 4.78 is 52.1. The number of aryl methyl sites for hydroxylation is 1. The largest absolute Gasteiger partial charge is 0.490 e. The van der Waals surface area contributed by atoms with Crippen molar-refractivity contribution in [1.29, 1.82) is 0 Å².